The van der Waals surface area contributed by atoms with Gasteiger partial charge in [0.1, 0.15) is 0 Å². The molecule has 0 atom stereocenters. The summed E-state index contributed by atoms with van der Waals surface area (Å²) >= 11 is 0. The Morgan fingerprint density at radius 3 is 1.40 bits per heavy atom. The van der Waals surface area contributed by atoms with Gasteiger partial charge in [-0.2, -0.15) is 0 Å². The summed E-state index contributed by atoms with van der Waals surface area (Å²) in [7, 11) is 0. The molecule has 0 aromatic rings. The number of rotatable bonds is 5. The van der Waals surface area contributed by atoms with E-state index in [-0.39, 0.29) is 0 Å². The van der Waals surface area contributed by atoms with Crippen LogP contribution in [0.5, 0.6) is 0 Å². The summed E-state index contributed by atoms with van der Waals surface area (Å²) in [5.74, 6) is 0. The van der Waals surface area contributed by atoms with Gasteiger partial charge in [0.2, 0.25) is 0 Å². The second kappa shape index (κ2) is 8.40. The van der Waals surface area contributed by atoms with E-state index < -0.39 is 0 Å². The van der Waals surface area contributed by atoms with Gasteiger partial charge in [-0.25, -0.2) is 0 Å². The molecule has 0 rings (SSSR count). The molecule has 0 bridgehead atoms. The third-order valence-corrected chi connectivity index (χ3v) is 1.11. The monoisotopic (exact) mass is 140 g/mol. The van der Waals surface area contributed by atoms with Gasteiger partial charge in [0.25, 0.3) is 0 Å². The van der Waals surface area contributed by atoms with Crippen molar-refractivity contribution in [2.75, 3.05) is 13.1 Å². The van der Waals surface area contributed by atoms with E-state index in [2.05, 4.69) is 12.2 Å². The third kappa shape index (κ3) is 7.40. The molecule has 0 unspecified atom stereocenters. The Labute approximate surface area is 62.6 Å². The average Bonchev–Trinajstić information content (AvgIpc) is 1.97. The zero-order valence-electron chi connectivity index (χ0n) is 6.29. The fourth-order valence-corrected chi connectivity index (χ4v) is 0.621. The fraction of sp³-hybridized carbons (Fsp3) is 0.500. The van der Waals surface area contributed by atoms with Crippen molar-refractivity contribution >= 4 is 0 Å². The molecule has 0 aromatic heterocycles. The molecular formula is C8H16N2. The van der Waals surface area contributed by atoms with Crippen LogP contribution in [0.25, 0.3) is 0 Å². The summed E-state index contributed by atoms with van der Waals surface area (Å²) in [6.07, 6.45) is 10.2. The van der Waals surface area contributed by atoms with E-state index in [1.165, 1.54) is 0 Å². The van der Waals surface area contributed by atoms with Crippen LogP contribution in [0.1, 0.15) is 12.8 Å². The lowest BCUT2D eigenvalue weighted by atomic mass is 10.2. The zero-order chi connectivity index (χ0) is 7.66. The molecule has 2 nitrogen and oxygen atoms in total. The van der Waals surface area contributed by atoms with E-state index in [1.54, 1.807) is 0 Å². The molecule has 0 aliphatic heterocycles. The van der Waals surface area contributed by atoms with Crippen LogP contribution in [0, 0.1) is 0 Å². The Bertz CT molecular complexity index is 91.8. The maximum atomic E-state index is 5.24. The van der Waals surface area contributed by atoms with Gasteiger partial charge in [-0.05, 0) is 12.8 Å². The minimum atomic E-state index is 0.639. The van der Waals surface area contributed by atoms with Gasteiger partial charge in [-0.15, -0.1) is 0 Å². The van der Waals surface area contributed by atoms with Crippen LogP contribution in [-0.2, 0) is 0 Å². The van der Waals surface area contributed by atoms with Gasteiger partial charge >= 0.3 is 0 Å². The van der Waals surface area contributed by atoms with Crippen molar-refractivity contribution in [2.45, 2.75) is 12.8 Å². The summed E-state index contributed by atoms with van der Waals surface area (Å²) in [5.41, 5.74) is 10.5. The molecule has 10 heavy (non-hydrogen) atoms. The van der Waals surface area contributed by atoms with Crippen molar-refractivity contribution in [1.29, 1.82) is 0 Å². The number of hydrogen-bond donors (Lipinski definition) is 2. The largest absolute Gasteiger partial charge is 0.327 e. The van der Waals surface area contributed by atoms with Gasteiger partial charge in [-0.1, -0.05) is 24.3 Å². The summed E-state index contributed by atoms with van der Waals surface area (Å²) in [6.45, 7) is 1.28. The van der Waals surface area contributed by atoms with E-state index in [0.29, 0.717) is 13.1 Å². The summed E-state index contributed by atoms with van der Waals surface area (Å²) in [5, 5.41) is 0. The number of hydrogen-bond acceptors (Lipinski definition) is 2. The van der Waals surface area contributed by atoms with Crippen molar-refractivity contribution in [3.63, 3.8) is 0 Å². The molecule has 0 fully saturated rings. The van der Waals surface area contributed by atoms with Crippen LogP contribution in [0.15, 0.2) is 24.3 Å². The number of allylic oxidation sites excluding steroid dienone is 2. The lowest BCUT2D eigenvalue weighted by molar-refractivity contribution is 1.03. The molecule has 0 aliphatic carbocycles. The molecule has 2 heteroatoms. The summed E-state index contributed by atoms with van der Waals surface area (Å²) in [6, 6.07) is 0. The summed E-state index contributed by atoms with van der Waals surface area (Å²) < 4.78 is 0. The number of nitrogens with two attached hydrogens (primary N) is 2. The molecule has 0 aliphatic rings. The van der Waals surface area contributed by atoms with Gasteiger partial charge in [0, 0.05) is 13.1 Å². The highest BCUT2D eigenvalue weighted by atomic mass is 14.5. The Balaban J connectivity index is 3.04. The molecule has 0 amide bonds. The maximum Gasteiger partial charge on any atom is 0.0106 e. The van der Waals surface area contributed by atoms with Gasteiger partial charge < -0.3 is 11.5 Å². The van der Waals surface area contributed by atoms with Crippen molar-refractivity contribution < 1.29 is 0 Å². The van der Waals surface area contributed by atoms with Crippen LogP contribution in [0.3, 0.4) is 0 Å². The van der Waals surface area contributed by atoms with Crippen molar-refractivity contribution in [1.82, 2.24) is 0 Å². The standard InChI is InChI=1S/C8H16N2/c9-7-5-3-1-2-4-6-8-10/h3-6H,1-2,7-10H2. The van der Waals surface area contributed by atoms with E-state index in [9.17, 15) is 0 Å². The number of unbranched alkanes of at least 4 members (excludes halogenated alkanes) is 1. The predicted molar refractivity (Wildman–Crippen MR) is 45.6 cm³/mol. The average molecular weight is 140 g/mol. The van der Waals surface area contributed by atoms with Crippen LogP contribution < -0.4 is 11.5 Å². The minimum absolute atomic E-state index is 0.639. The van der Waals surface area contributed by atoms with Crippen molar-refractivity contribution in [2.24, 2.45) is 11.5 Å². The molecule has 0 heterocycles. The molecular weight excluding hydrogens is 124 g/mol. The van der Waals surface area contributed by atoms with E-state index in [4.69, 9.17) is 11.5 Å². The zero-order valence-corrected chi connectivity index (χ0v) is 6.29. The Hall–Kier alpha value is -0.600. The van der Waals surface area contributed by atoms with Crippen molar-refractivity contribution in [3.05, 3.63) is 24.3 Å². The lowest BCUT2D eigenvalue weighted by Gasteiger charge is -1.85. The Morgan fingerprint density at radius 2 is 1.10 bits per heavy atom. The lowest BCUT2D eigenvalue weighted by Crippen LogP contribution is -1.92. The van der Waals surface area contributed by atoms with Crippen molar-refractivity contribution in [3.8, 4) is 0 Å². The Kier molecular flexibility index (Phi) is 7.90. The first-order valence-electron chi connectivity index (χ1n) is 3.62. The van der Waals surface area contributed by atoms with Gasteiger partial charge in [0.15, 0.2) is 0 Å². The second-order valence-corrected chi connectivity index (χ2v) is 1.99. The minimum Gasteiger partial charge on any atom is -0.327 e. The Morgan fingerprint density at radius 1 is 0.700 bits per heavy atom. The normalized spacial score (nSPS) is 11.8. The van der Waals surface area contributed by atoms with E-state index in [0.717, 1.165) is 12.8 Å². The topological polar surface area (TPSA) is 52.0 Å². The molecule has 0 radical (unpaired) electrons. The highest BCUT2D eigenvalue weighted by molar-refractivity contribution is 4.88. The second-order valence-electron chi connectivity index (χ2n) is 1.99. The first kappa shape index (κ1) is 9.40. The van der Waals surface area contributed by atoms with Gasteiger partial charge in [0.05, 0.1) is 0 Å². The molecule has 58 valence electrons. The van der Waals surface area contributed by atoms with E-state index >= 15 is 0 Å². The smallest absolute Gasteiger partial charge is 0.0106 e. The van der Waals surface area contributed by atoms with E-state index in [1.807, 2.05) is 12.2 Å². The van der Waals surface area contributed by atoms with Gasteiger partial charge in [-0.3, -0.25) is 0 Å². The maximum absolute atomic E-state index is 5.24. The highest BCUT2D eigenvalue weighted by Crippen LogP contribution is 1.91. The SMILES string of the molecule is NCC=CCCC=CCN. The molecule has 0 saturated carbocycles. The molecule has 4 N–H and O–H groups in total. The first-order chi connectivity index (χ1) is 4.91. The predicted octanol–water partition coefficient (Wildman–Crippen LogP) is 0.796. The quantitative estimate of drug-likeness (QED) is 0.438. The molecule has 0 spiro atoms. The first-order valence-corrected chi connectivity index (χ1v) is 3.62. The third-order valence-electron chi connectivity index (χ3n) is 1.11. The molecule has 0 saturated heterocycles. The highest BCUT2D eigenvalue weighted by Gasteiger charge is 1.74. The summed E-state index contributed by atoms with van der Waals surface area (Å²) in [4.78, 5) is 0. The fourth-order valence-electron chi connectivity index (χ4n) is 0.621. The molecule has 0 aromatic carbocycles. The van der Waals surface area contributed by atoms with Crippen LogP contribution in [0.4, 0.5) is 0 Å². The van der Waals surface area contributed by atoms with Crippen LogP contribution in [-0.4, -0.2) is 13.1 Å². The van der Waals surface area contributed by atoms with Crippen LogP contribution >= 0.6 is 0 Å². The van der Waals surface area contributed by atoms with Crippen LogP contribution in [0.2, 0.25) is 0 Å².